The molecule has 0 radical (unpaired) electrons. The Morgan fingerprint density at radius 3 is 2.38 bits per heavy atom. The Bertz CT molecular complexity index is 444. The van der Waals surface area contributed by atoms with Crippen LogP contribution in [0.2, 0.25) is 5.02 Å². The quantitative estimate of drug-likeness (QED) is 0.887. The third kappa shape index (κ3) is 2.78. The number of aliphatic hydroxyl groups excluding tert-OH is 1. The molecule has 0 amide bonds. The standard InChI is InChI=1S/C12H11ClN2O/c13-11-3-1-9(2-4-11)5-12(16)10-6-14-8-15-7-10/h1-4,6-8,12,16H,5H2. The second-order valence-corrected chi connectivity index (χ2v) is 3.95. The van der Waals surface area contributed by atoms with Crippen molar-refractivity contribution in [3.8, 4) is 0 Å². The van der Waals surface area contributed by atoms with Gasteiger partial charge in [0.25, 0.3) is 0 Å². The largest absolute Gasteiger partial charge is 0.388 e. The number of hydrogen-bond donors (Lipinski definition) is 1. The summed E-state index contributed by atoms with van der Waals surface area (Å²) in [6, 6.07) is 7.42. The zero-order chi connectivity index (χ0) is 11.4. The molecule has 0 aliphatic heterocycles. The monoisotopic (exact) mass is 234 g/mol. The zero-order valence-corrected chi connectivity index (χ0v) is 9.30. The molecule has 16 heavy (non-hydrogen) atoms. The van der Waals surface area contributed by atoms with Gasteiger partial charge in [-0.3, -0.25) is 0 Å². The Labute approximate surface area is 98.8 Å². The van der Waals surface area contributed by atoms with Crippen LogP contribution in [-0.2, 0) is 6.42 Å². The lowest BCUT2D eigenvalue weighted by molar-refractivity contribution is 0.177. The molecule has 1 atom stereocenters. The smallest absolute Gasteiger partial charge is 0.115 e. The van der Waals surface area contributed by atoms with E-state index in [0.29, 0.717) is 11.4 Å². The van der Waals surface area contributed by atoms with Gasteiger partial charge in [0, 0.05) is 29.4 Å². The summed E-state index contributed by atoms with van der Waals surface area (Å²) in [6.07, 6.45) is 4.63. The van der Waals surface area contributed by atoms with Crippen molar-refractivity contribution in [2.45, 2.75) is 12.5 Å². The summed E-state index contributed by atoms with van der Waals surface area (Å²) in [5.41, 5.74) is 1.75. The topological polar surface area (TPSA) is 46.0 Å². The summed E-state index contributed by atoms with van der Waals surface area (Å²) in [5, 5.41) is 10.6. The van der Waals surface area contributed by atoms with Gasteiger partial charge in [0.15, 0.2) is 0 Å². The summed E-state index contributed by atoms with van der Waals surface area (Å²) in [7, 11) is 0. The van der Waals surface area contributed by atoms with Gasteiger partial charge in [-0.15, -0.1) is 0 Å². The number of benzene rings is 1. The summed E-state index contributed by atoms with van der Waals surface area (Å²) >= 11 is 5.78. The van der Waals surface area contributed by atoms with Gasteiger partial charge in [0.05, 0.1) is 6.10 Å². The molecule has 0 fully saturated rings. The lowest BCUT2D eigenvalue weighted by Gasteiger charge is -2.09. The minimum Gasteiger partial charge on any atom is -0.388 e. The van der Waals surface area contributed by atoms with E-state index in [4.69, 9.17) is 11.6 Å². The van der Waals surface area contributed by atoms with Crippen LogP contribution in [0.15, 0.2) is 43.0 Å². The van der Waals surface area contributed by atoms with Gasteiger partial charge in [-0.05, 0) is 17.7 Å². The number of rotatable bonds is 3. The molecule has 1 aromatic heterocycles. The highest BCUT2D eigenvalue weighted by Crippen LogP contribution is 2.18. The van der Waals surface area contributed by atoms with Crippen LogP contribution in [0.3, 0.4) is 0 Å². The van der Waals surface area contributed by atoms with Crippen LogP contribution in [0.5, 0.6) is 0 Å². The number of aliphatic hydroxyl groups is 1. The molecule has 1 heterocycles. The molecule has 2 aromatic rings. The van der Waals surface area contributed by atoms with E-state index >= 15 is 0 Å². The first-order chi connectivity index (χ1) is 7.75. The van der Waals surface area contributed by atoms with Crippen molar-refractivity contribution in [3.63, 3.8) is 0 Å². The van der Waals surface area contributed by atoms with E-state index in [1.165, 1.54) is 6.33 Å². The average molecular weight is 235 g/mol. The van der Waals surface area contributed by atoms with Crippen LogP contribution in [-0.4, -0.2) is 15.1 Å². The summed E-state index contributed by atoms with van der Waals surface area (Å²) in [6.45, 7) is 0. The van der Waals surface area contributed by atoms with Crippen molar-refractivity contribution >= 4 is 11.6 Å². The molecular formula is C12H11ClN2O. The van der Waals surface area contributed by atoms with Gasteiger partial charge in [0.1, 0.15) is 6.33 Å². The van der Waals surface area contributed by atoms with Crippen molar-refractivity contribution < 1.29 is 5.11 Å². The molecule has 3 nitrogen and oxygen atoms in total. The fourth-order valence-corrected chi connectivity index (χ4v) is 1.57. The predicted octanol–water partition coefficient (Wildman–Crippen LogP) is 2.41. The van der Waals surface area contributed by atoms with Crippen molar-refractivity contribution in [3.05, 3.63) is 59.1 Å². The van der Waals surface area contributed by atoms with Crippen molar-refractivity contribution in [2.75, 3.05) is 0 Å². The van der Waals surface area contributed by atoms with Crippen LogP contribution >= 0.6 is 11.6 Å². The Hall–Kier alpha value is -1.45. The van der Waals surface area contributed by atoms with E-state index < -0.39 is 6.10 Å². The molecule has 0 aliphatic rings. The van der Waals surface area contributed by atoms with Crippen LogP contribution in [0.1, 0.15) is 17.2 Å². The molecule has 0 spiro atoms. The Kier molecular flexibility index (Phi) is 3.49. The molecule has 4 heteroatoms. The molecule has 0 saturated carbocycles. The van der Waals surface area contributed by atoms with Gasteiger partial charge in [0.2, 0.25) is 0 Å². The minimum atomic E-state index is -0.581. The van der Waals surface area contributed by atoms with Crippen LogP contribution in [0.4, 0.5) is 0 Å². The van der Waals surface area contributed by atoms with E-state index in [1.54, 1.807) is 12.4 Å². The maximum absolute atomic E-state index is 9.93. The zero-order valence-electron chi connectivity index (χ0n) is 8.55. The fraction of sp³-hybridized carbons (Fsp3) is 0.167. The summed E-state index contributed by atoms with van der Waals surface area (Å²) in [5.74, 6) is 0. The number of halogens is 1. The maximum Gasteiger partial charge on any atom is 0.115 e. The lowest BCUT2D eigenvalue weighted by atomic mass is 10.0. The third-order valence-electron chi connectivity index (χ3n) is 2.31. The predicted molar refractivity (Wildman–Crippen MR) is 62.1 cm³/mol. The first-order valence-corrected chi connectivity index (χ1v) is 5.31. The van der Waals surface area contributed by atoms with Crippen LogP contribution < -0.4 is 0 Å². The summed E-state index contributed by atoms with van der Waals surface area (Å²) in [4.78, 5) is 7.74. The average Bonchev–Trinajstić information content (AvgIpc) is 2.33. The van der Waals surface area contributed by atoms with Gasteiger partial charge in [-0.2, -0.15) is 0 Å². The van der Waals surface area contributed by atoms with Gasteiger partial charge in [-0.1, -0.05) is 23.7 Å². The molecule has 2 rings (SSSR count). The first kappa shape index (κ1) is 11.0. The molecular weight excluding hydrogens is 224 g/mol. The molecule has 0 bridgehead atoms. The second kappa shape index (κ2) is 5.05. The SMILES string of the molecule is OC(Cc1ccc(Cl)cc1)c1cncnc1. The molecule has 1 unspecified atom stereocenters. The Morgan fingerprint density at radius 2 is 1.75 bits per heavy atom. The van der Waals surface area contributed by atoms with E-state index in [-0.39, 0.29) is 0 Å². The molecule has 0 saturated heterocycles. The highest BCUT2D eigenvalue weighted by Gasteiger charge is 2.08. The highest BCUT2D eigenvalue weighted by atomic mass is 35.5. The number of aromatic nitrogens is 2. The van der Waals surface area contributed by atoms with Crippen molar-refractivity contribution in [2.24, 2.45) is 0 Å². The molecule has 0 aliphatic carbocycles. The van der Waals surface area contributed by atoms with Crippen molar-refractivity contribution in [1.82, 2.24) is 9.97 Å². The summed E-state index contributed by atoms with van der Waals surface area (Å²) < 4.78 is 0. The van der Waals surface area contributed by atoms with E-state index in [2.05, 4.69) is 9.97 Å². The van der Waals surface area contributed by atoms with E-state index in [9.17, 15) is 5.11 Å². The highest BCUT2D eigenvalue weighted by molar-refractivity contribution is 6.30. The second-order valence-electron chi connectivity index (χ2n) is 3.52. The Morgan fingerprint density at radius 1 is 1.12 bits per heavy atom. The first-order valence-electron chi connectivity index (χ1n) is 4.93. The van der Waals surface area contributed by atoms with E-state index in [0.717, 1.165) is 11.1 Å². The Balaban J connectivity index is 2.08. The van der Waals surface area contributed by atoms with Gasteiger partial charge < -0.3 is 5.11 Å². The van der Waals surface area contributed by atoms with Crippen molar-refractivity contribution in [1.29, 1.82) is 0 Å². The van der Waals surface area contributed by atoms with Gasteiger partial charge >= 0.3 is 0 Å². The molecule has 1 aromatic carbocycles. The third-order valence-corrected chi connectivity index (χ3v) is 2.56. The minimum absolute atomic E-state index is 0.532. The molecule has 82 valence electrons. The lowest BCUT2D eigenvalue weighted by Crippen LogP contribution is -2.02. The fourth-order valence-electron chi connectivity index (χ4n) is 1.44. The van der Waals surface area contributed by atoms with E-state index in [1.807, 2.05) is 24.3 Å². The number of nitrogens with zero attached hydrogens (tertiary/aromatic N) is 2. The van der Waals surface area contributed by atoms with Gasteiger partial charge in [-0.25, -0.2) is 9.97 Å². The van der Waals surface area contributed by atoms with Crippen LogP contribution in [0, 0.1) is 0 Å². The number of hydrogen-bond acceptors (Lipinski definition) is 3. The van der Waals surface area contributed by atoms with Crippen LogP contribution in [0.25, 0.3) is 0 Å². The molecule has 1 N–H and O–H groups in total. The normalized spacial score (nSPS) is 12.4. The maximum atomic E-state index is 9.93.